The zero-order valence-electron chi connectivity index (χ0n) is 9.71. The molecule has 0 fully saturated rings. The minimum atomic E-state index is 0.388. The van der Waals surface area contributed by atoms with Crippen LogP contribution in [-0.4, -0.2) is 38.1 Å². The highest BCUT2D eigenvalue weighted by atomic mass is 15.0. The van der Waals surface area contributed by atoms with Gasteiger partial charge in [-0.15, -0.1) is 0 Å². The van der Waals surface area contributed by atoms with Gasteiger partial charge in [-0.05, 0) is 46.4 Å². The lowest BCUT2D eigenvalue weighted by Crippen LogP contribution is -2.29. The molecule has 0 aromatic rings. The highest BCUT2D eigenvalue weighted by molar-refractivity contribution is 4.79. The van der Waals surface area contributed by atoms with Gasteiger partial charge in [0.1, 0.15) is 0 Å². The number of rotatable bonds is 8. The first kappa shape index (κ1) is 13.4. The van der Waals surface area contributed by atoms with Gasteiger partial charge in [0, 0.05) is 6.04 Å². The molecule has 82 valence electrons. The molecule has 3 heteroatoms. The van der Waals surface area contributed by atoms with Crippen molar-refractivity contribution >= 4 is 0 Å². The molecule has 0 saturated heterocycles. The molecule has 0 rings (SSSR count). The Morgan fingerprint density at radius 3 is 2.57 bits per heavy atom. The summed E-state index contributed by atoms with van der Waals surface area (Å²) in [5.41, 5.74) is 0. The molecule has 0 aromatic carbocycles. The van der Waals surface area contributed by atoms with Gasteiger partial charge >= 0.3 is 0 Å². The Morgan fingerprint density at radius 1 is 1.36 bits per heavy atom. The van der Waals surface area contributed by atoms with Crippen LogP contribution in [0.3, 0.4) is 0 Å². The largest absolute Gasteiger partial charge is 0.313 e. The van der Waals surface area contributed by atoms with Gasteiger partial charge in [0.25, 0.3) is 0 Å². The SMILES string of the molecule is CCC(CC#N)NCCCCN(C)C. The van der Waals surface area contributed by atoms with E-state index in [9.17, 15) is 0 Å². The Balaban J connectivity index is 3.29. The highest BCUT2D eigenvalue weighted by Gasteiger charge is 2.03. The van der Waals surface area contributed by atoms with Crippen molar-refractivity contribution in [3.05, 3.63) is 0 Å². The van der Waals surface area contributed by atoms with Gasteiger partial charge in [-0.3, -0.25) is 0 Å². The van der Waals surface area contributed by atoms with E-state index in [1.165, 1.54) is 12.8 Å². The second-order valence-corrected chi connectivity index (χ2v) is 3.93. The smallest absolute Gasteiger partial charge is 0.0638 e. The lowest BCUT2D eigenvalue weighted by Gasteiger charge is -2.14. The van der Waals surface area contributed by atoms with Crippen LogP contribution in [0, 0.1) is 11.3 Å². The molecule has 0 amide bonds. The van der Waals surface area contributed by atoms with Crippen molar-refractivity contribution in [3.8, 4) is 6.07 Å². The van der Waals surface area contributed by atoms with Gasteiger partial charge in [0.15, 0.2) is 0 Å². The summed E-state index contributed by atoms with van der Waals surface area (Å²) in [7, 11) is 4.19. The minimum Gasteiger partial charge on any atom is -0.313 e. The molecule has 0 heterocycles. The van der Waals surface area contributed by atoms with E-state index in [-0.39, 0.29) is 0 Å². The molecule has 0 aliphatic rings. The third-order valence-corrected chi connectivity index (χ3v) is 2.30. The fourth-order valence-electron chi connectivity index (χ4n) is 1.33. The molecule has 0 aromatic heterocycles. The fraction of sp³-hybridized carbons (Fsp3) is 0.909. The van der Waals surface area contributed by atoms with Crippen LogP contribution in [0.15, 0.2) is 0 Å². The first-order chi connectivity index (χ1) is 6.70. The normalized spacial score (nSPS) is 12.8. The predicted molar refractivity (Wildman–Crippen MR) is 60.1 cm³/mol. The molecule has 3 nitrogen and oxygen atoms in total. The fourth-order valence-corrected chi connectivity index (χ4v) is 1.33. The zero-order valence-corrected chi connectivity index (χ0v) is 9.71. The van der Waals surface area contributed by atoms with E-state index < -0.39 is 0 Å². The molecule has 0 radical (unpaired) electrons. The molecule has 0 aliphatic heterocycles. The lowest BCUT2D eigenvalue weighted by atomic mass is 10.1. The van der Waals surface area contributed by atoms with Crippen LogP contribution >= 0.6 is 0 Å². The predicted octanol–water partition coefficient (Wildman–Crippen LogP) is 1.61. The molecule has 0 aliphatic carbocycles. The summed E-state index contributed by atoms with van der Waals surface area (Å²) in [4.78, 5) is 2.20. The van der Waals surface area contributed by atoms with Crippen LogP contribution in [-0.2, 0) is 0 Å². The maximum atomic E-state index is 8.55. The Kier molecular flexibility index (Phi) is 8.61. The topological polar surface area (TPSA) is 39.1 Å². The van der Waals surface area contributed by atoms with Crippen molar-refractivity contribution in [1.82, 2.24) is 10.2 Å². The lowest BCUT2D eigenvalue weighted by molar-refractivity contribution is 0.386. The van der Waals surface area contributed by atoms with Crippen molar-refractivity contribution < 1.29 is 0 Å². The van der Waals surface area contributed by atoms with Crippen LogP contribution in [0.5, 0.6) is 0 Å². The van der Waals surface area contributed by atoms with Gasteiger partial charge in [-0.25, -0.2) is 0 Å². The van der Waals surface area contributed by atoms with Gasteiger partial charge in [0.05, 0.1) is 12.5 Å². The van der Waals surface area contributed by atoms with Crippen LogP contribution in [0.25, 0.3) is 0 Å². The van der Waals surface area contributed by atoms with Crippen molar-refractivity contribution in [2.45, 2.75) is 38.6 Å². The van der Waals surface area contributed by atoms with Crippen molar-refractivity contribution in [2.24, 2.45) is 0 Å². The van der Waals surface area contributed by atoms with E-state index in [0.29, 0.717) is 12.5 Å². The molecule has 14 heavy (non-hydrogen) atoms. The molecule has 1 atom stereocenters. The van der Waals surface area contributed by atoms with Gasteiger partial charge < -0.3 is 10.2 Å². The van der Waals surface area contributed by atoms with Crippen LogP contribution in [0.2, 0.25) is 0 Å². The average molecular weight is 197 g/mol. The van der Waals surface area contributed by atoms with E-state index in [1.807, 2.05) is 0 Å². The molecule has 0 bridgehead atoms. The van der Waals surface area contributed by atoms with Crippen molar-refractivity contribution in [2.75, 3.05) is 27.2 Å². The van der Waals surface area contributed by atoms with Crippen LogP contribution in [0.1, 0.15) is 32.6 Å². The minimum absolute atomic E-state index is 0.388. The van der Waals surface area contributed by atoms with Crippen molar-refractivity contribution in [1.29, 1.82) is 5.26 Å². The number of hydrogen-bond acceptors (Lipinski definition) is 3. The molecule has 1 unspecified atom stereocenters. The second-order valence-electron chi connectivity index (χ2n) is 3.93. The monoisotopic (exact) mass is 197 g/mol. The quantitative estimate of drug-likeness (QED) is 0.601. The van der Waals surface area contributed by atoms with Crippen LogP contribution in [0.4, 0.5) is 0 Å². The Morgan fingerprint density at radius 2 is 2.07 bits per heavy atom. The molecular formula is C11H23N3. The summed E-state index contributed by atoms with van der Waals surface area (Å²) in [5.74, 6) is 0. The molecular weight excluding hydrogens is 174 g/mol. The maximum absolute atomic E-state index is 8.55. The number of nitrogens with zero attached hydrogens (tertiary/aromatic N) is 2. The zero-order chi connectivity index (χ0) is 10.8. The van der Waals surface area contributed by atoms with E-state index in [1.54, 1.807) is 0 Å². The second kappa shape index (κ2) is 8.98. The Labute approximate surface area is 88.1 Å². The highest BCUT2D eigenvalue weighted by Crippen LogP contribution is 1.97. The number of nitrogens with one attached hydrogen (secondary N) is 1. The standard InChI is InChI=1S/C11H23N3/c1-4-11(7-8-12)13-9-5-6-10-14(2)3/h11,13H,4-7,9-10H2,1-3H3. The molecule has 0 saturated carbocycles. The summed E-state index contributed by atoms with van der Waals surface area (Å²) in [6.45, 7) is 4.31. The van der Waals surface area contributed by atoms with Crippen molar-refractivity contribution in [3.63, 3.8) is 0 Å². The van der Waals surface area contributed by atoms with Gasteiger partial charge in [0.2, 0.25) is 0 Å². The summed E-state index contributed by atoms with van der Waals surface area (Å²) < 4.78 is 0. The summed E-state index contributed by atoms with van der Waals surface area (Å²) in [5, 5.41) is 11.9. The third-order valence-electron chi connectivity index (χ3n) is 2.30. The van der Waals surface area contributed by atoms with E-state index >= 15 is 0 Å². The van der Waals surface area contributed by atoms with E-state index in [4.69, 9.17) is 5.26 Å². The van der Waals surface area contributed by atoms with Gasteiger partial charge in [-0.2, -0.15) is 5.26 Å². The number of nitriles is 1. The van der Waals surface area contributed by atoms with Gasteiger partial charge in [-0.1, -0.05) is 6.92 Å². The van der Waals surface area contributed by atoms with Crippen LogP contribution < -0.4 is 5.32 Å². The molecule has 0 spiro atoms. The summed E-state index contributed by atoms with van der Waals surface area (Å²) >= 11 is 0. The van der Waals surface area contributed by atoms with E-state index in [2.05, 4.69) is 37.3 Å². The van der Waals surface area contributed by atoms with E-state index in [0.717, 1.165) is 19.5 Å². The third kappa shape index (κ3) is 8.03. The number of hydrogen-bond donors (Lipinski definition) is 1. The average Bonchev–Trinajstić information content (AvgIpc) is 2.15. The molecule has 1 N–H and O–H groups in total. The first-order valence-corrected chi connectivity index (χ1v) is 5.45. The Hall–Kier alpha value is -0.590. The maximum Gasteiger partial charge on any atom is 0.0638 e. The summed E-state index contributed by atoms with van der Waals surface area (Å²) in [6.07, 6.45) is 4.09. The Bertz CT molecular complexity index is 160. The first-order valence-electron chi connectivity index (χ1n) is 5.45. The number of unbranched alkanes of at least 4 members (excludes halogenated alkanes) is 1. The summed E-state index contributed by atoms with van der Waals surface area (Å²) in [6, 6.07) is 2.60.